The Labute approximate surface area is 183 Å². The molecule has 0 aliphatic carbocycles. The maximum Gasteiger partial charge on any atom is 0.199 e. The Morgan fingerprint density at radius 1 is 0.935 bits per heavy atom. The number of aromatic nitrogens is 2. The summed E-state index contributed by atoms with van der Waals surface area (Å²) in [5, 5.41) is 10.7. The molecule has 156 valence electrons. The van der Waals surface area contributed by atoms with Crippen molar-refractivity contribution in [1.29, 1.82) is 0 Å². The van der Waals surface area contributed by atoms with E-state index in [9.17, 15) is 5.11 Å². The van der Waals surface area contributed by atoms with Gasteiger partial charge in [0.1, 0.15) is 17.0 Å². The quantitative estimate of drug-likeness (QED) is 0.409. The van der Waals surface area contributed by atoms with Crippen molar-refractivity contribution in [3.8, 4) is 17.6 Å². The molecule has 0 atom stereocenters. The van der Waals surface area contributed by atoms with Gasteiger partial charge in [-0.25, -0.2) is 9.97 Å². The lowest BCUT2D eigenvalue weighted by Crippen LogP contribution is -1.99. The first-order chi connectivity index (χ1) is 14.9. The van der Waals surface area contributed by atoms with Gasteiger partial charge in [0, 0.05) is 12.6 Å². The maximum atomic E-state index is 10.7. The maximum absolute atomic E-state index is 10.7. The van der Waals surface area contributed by atoms with E-state index in [1.165, 1.54) is 0 Å². The molecule has 0 amide bonds. The standard InChI is InChI=1S/C27H26N2O2/c1-17(2)22-14-19(15-23(18(3)4)26(22)30)16-25-29-24-10-7-8-20(27(24)31-25)11-12-21-9-5-6-13-28-21/h5-10,13-15,17-18,30H,16H2,1-4H3. The fraction of sp³-hybridized carbons (Fsp3) is 0.259. The number of para-hydroxylation sites is 1. The van der Waals surface area contributed by atoms with E-state index in [1.54, 1.807) is 6.20 Å². The summed E-state index contributed by atoms with van der Waals surface area (Å²) in [6.45, 7) is 8.37. The van der Waals surface area contributed by atoms with E-state index in [-0.39, 0.29) is 11.8 Å². The zero-order chi connectivity index (χ0) is 22.0. The molecular formula is C27H26N2O2. The molecule has 0 spiro atoms. The number of nitrogens with zero attached hydrogens (tertiary/aromatic N) is 2. The average Bonchev–Trinajstić information content (AvgIpc) is 3.16. The van der Waals surface area contributed by atoms with Gasteiger partial charge in [-0.2, -0.15) is 0 Å². The van der Waals surface area contributed by atoms with E-state index in [4.69, 9.17) is 4.42 Å². The minimum atomic E-state index is 0.231. The third-order valence-electron chi connectivity index (χ3n) is 5.28. The van der Waals surface area contributed by atoms with Crippen molar-refractivity contribution >= 4 is 11.1 Å². The molecule has 4 rings (SSSR count). The molecule has 31 heavy (non-hydrogen) atoms. The molecule has 0 unspecified atom stereocenters. The molecule has 0 radical (unpaired) electrons. The molecule has 0 aliphatic heterocycles. The van der Waals surface area contributed by atoms with E-state index in [0.717, 1.165) is 27.8 Å². The number of rotatable bonds is 4. The number of oxazole rings is 1. The van der Waals surface area contributed by atoms with Gasteiger partial charge in [0.2, 0.25) is 0 Å². The van der Waals surface area contributed by atoms with Crippen molar-refractivity contribution in [2.24, 2.45) is 0 Å². The summed E-state index contributed by atoms with van der Waals surface area (Å²) in [4.78, 5) is 8.93. The highest BCUT2D eigenvalue weighted by Gasteiger charge is 2.17. The van der Waals surface area contributed by atoms with E-state index in [0.29, 0.717) is 29.3 Å². The first kappa shape index (κ1) is 20.7. The molecule has 2 heterocycles. The first-order valence-electron chi connectivity index (χ1n) is 10.6. The molecule has 2 aromatic carbocycles. The Balaban J connectivity index is 1.70. The zero-order valence-electron chi connectivity index (χ0n) is 18.3. The lowest BCUT2D eigenvalue weighted by Gasteiger charge is -2.17. The van der Waals surface area contributed by atoms with E-state index >= 15 is 0 Å². The van der Waals surface area contributed by atoms with Crippen molar-refractivity contribution in [3.05, 3.63) is 88.6 Å². The molecule has 0 bridgehead atoms. The van der Waals surface area contributed by atoms with Crippen LogP contribution < -0.4 is 0 Å². The molecular weight excluding hydrogens is 384 g/mol. The van der Waals surface area contributed by atoms with E-state index in [1.807, 2.05) is 36.4 Å². The molecule has 0 fully saturated rings. The van der Waals surface area contributed by atoms with Crippen molar-refractivity contribution in [3.63, 3.8) is 0 Å². The SMILES string of the molecule is CC(C)c1cc(Cc2nc3cccc(C#Cc4ccccn4)c3o2)cc(C(C)C)c1O. The van der Waals surface area contributed by atoms with Gasteiger partial charge in [0.05, 0.1) is 5.56 Å². The zero-order valence-corrected chi connectivity index (χ0v) is 18.3. The third-order valence-corrected chi connectivity index (χ3v) is 5.28. The monoisotopic (exact) mass is 410 g/mol. The molecule has 0 aliphatic rings. The van der Waals surface area contributed by atoms with Gasteiger partial charge < -0.3 is 9.52 Å². The fourth-order valence-electron chi connectivity index (χ4n) is 3.64. The van der Waals surface area contributed by atoms with Crippen LogP contribution in [0.1, 0.15) is 73.4 Å². The minimum Gasteiger partial charge on any atom is -0.507 e. The van der Waals surface area contributed by atoms with Crippen LogP contribution in [0.4, 0.5) is 0 Å². The normalized spacial score (nSPS) is 11.2. The summed E-state index contributed by atoms with van der Waals surface area (Å²) >= 11 is 0. The molecule has 1 N–H and O–H groups in total. The topological polar surface area (TPSA) is 59.2 Å². The number of fused-ring (bicyclic) bond motifs is 1. The summed E-state index contributed by atoms with van der Waals surface area (Å²) in [6, 6.07) is 15.6. The van der Waals surface area contributed by atoms with Crippen molar-refractivity contribution in [2.45, 2.75) is 46.0 Å². The van der Waals surface area contributed by atoms with Gasteiger partial charge in [-0.1, -0.05) is 57.9 Å². The molecule has 4 nitrogen and oxygen atoms in total. The molecule has 0 saturated carbocycles. The number of phenolic OH excluding ortho intramolecular Hbond substituents is 1. The Bertz CT molecular complexity index is 1250. The molecule has 0 saturated heterocycles. The summed E-state index contributed by atoms with van der Waals surface area (Å²) in [5.41, 5.74) is 5.98. The lowest BCUT2D eigenvalue weighted by molar-refractivity contribution is 0.454. The Kier molecular flexibility index (Phi) is 5.77. The fourth-order valence-corrected chi connectivity index (χ4v) is 3.64. The predicted octanol–water partition coefficient (Wildman–Crippen LogP) is 6.17. The van der Waals surface area contributed by atoms with Crippen LogP contribution in [0, 0.1) is 11.8 Å². The smallest absolute Gasteiger partial charge is 0.199 e. The average molecular weight is 411 g/mol. The number of hydrogen-bond donors (Lipinski definition) is 1. The first-order valence-corrected chi connectivity index (χ1v) is 10.6. The van der Waals surface area contributed by atoms with Crippen molar-refractivity contribution < 1.29 is 9.52 Å². The molecule has 2 aromatic heterocycles. The van der Waals surface area contributed by atoms with Gasteiger partial charge in [0.25, 0.3) is 0 Å². The summed E-state index contributed by atoms with van der Waals surface area (Å²) in [7, 11) is 0. The van der Waals surface area contributed by atoms with Crippen molar-refractivity contribution in [2.75, 3.05) is 0 Å². The second kappa shape index (κ2) is 8.65. The number of pyridine rings is 1. The summed E-state index contributed by atoms with van der Waals surface area (Å²) in [6.07, 6.45) is 2.28. The summed E-state index contributed by atoms with van der Waals surface area (Å²) in [5.74, 6) is 7.74. The van der Waals surface area contributed by atoms with E-state index < -0.39 is 0 Å². The van der Waals surface area contributed by atoms with Gasteiger partial charge in [-0.15, -0.1) is 0 Å². The number of aromatic hydroxyl groups is 1. The second-order valence-electron chi connectivity index (χ2n) is 8.34. The van der Waals surface area contributed by atoms with Crippen LogP contribution >= 0.6 is 0 Å². The van der Waals surface area contributed by atoms with Gasteiger partial charge in [0.15, 0.2) is 11.5 Å². The highest BCUT2D eigenvalue weighted by molar-refractivity contribution is 5.79. The number of benzene rings is 2. The Hall–Kier alpha value is -3.58. The summed E-state index contributed by atoms with van der Waals surface area (Å²) < 4.78 is 6.13. The van der Waals surface area contributed by atoms with Crippen molar-refractivity contribution in [1.82, 2.24) is 9.97 Å². The lowest BCUT2D eigenvalue weighted by atomic mass is 9.91. The largest absolute Gasteiger partial charge is 0.507 e. The van der Waals surface area contributed by atoms with Gasteiger partial charge in [-0.05, 0) is 58.7 Å². The van der Waals surface area contributed by atoms with Crippen LogP contribution in [0.5, 0.6) is 5.75 Å². The molecule has 4 aromatic rings. The van der Waals surface area contributed by atoms with Crippen LogP contribution in [0.25, 0.3) is 11.1 Å². The van der Waals surface area contributed by atoms with Gasteiger partial charge in [-0.3, -0.25) is 0 Å². The van der Waals surface area contributed by atoms with Gasteiger partial charge >= 0.3 is 0 Å². The number of phenols is 1. The van der Waals surface area contributed by atoms with E-state index in [2.05, 4.69) is 61.6 Å². The van der Waals surface area contributed by atoms with Crippen LogP contribution in [0.15, 0.2) is 59.1 Å². The van der Waals surface area contributed by atoms with Crippen LogP contribution in [0.3, 0.4) is 0 Å². The Morgan fingerprint density at radius 2 is 1.68 bits per heavy atom. The molecule has 4 heteroatoms. The second-order valence-corrected chi connectivity index (χ2v) is 8.34. The highest BCUT2D eigenvalue weighted by Crippen LogP contribution is 2.35. The highest BCUT2D eigenvalue weighted by atomic mass is 16.3. The number of hydrogen-bond acceptors (Lipinski definition) is 4. The van der Waals surface area contributed by atoms with Crippen LogP contribution in [0.2, 0.25) is 0 Å². The Morgan fingerprint density at radius 3 is 2.32 bits per heavy atom. The minimum absolute atomic E-state index is 0.231. The predicted molar refractivity (Wildman–Crippen MR) is 123 cm³/mol. The van der Waals surface area contributed by atoms with Crippen LogP contribution in [-0.2, 0) is 6.42 Å². The third kappa shape index (κ3) is 4.46. The van der Waals surface area contributed by atoms with Crippen LogP contribution in [-0.4, -0.2) is 15.1 Å².